The summed E-state index contributed by atoms with van der Waals surface area (Å²) >= 11 is 6.20. The summed E-state index contributed by atoms with van der Waals surface area (Å²) in [6.45, 7) is 3.01. The predicted octanol–water partition coefficient (Wildman–Crippen LogP) is 4.16. The van der Waals surface area contributed by atoms with Gasteiger partial charge in [-0.3, -0.25) is 0 Å². The molecule has 3 atom stereocenters. The largest absolute Gasteiger partial charge is 0.458 e. The van der Waals surface area contributed by atoms with Crippen LogP contribution >= 0.6 is 11.6 Å². The van der Waals surface area contributed by atoms with Crippen LogP contribution in [0.4, 0.5) is 0 Å². The Labute approximate surface area is 124 Å². The third-order valence-corrected chi connectivity index (χ3v) is 4.52. The zero-order valence-corrected chi connectivity index (χ0v) is 12.6. The van der Waals surface area contributed by atoms with Gasteiger partial charge in [-0.15, -0.1) is 0 Å². The van der Waals surface area contributed by atoms with Crippen LogP contribution in [0.3, 0.4) is 0 Å². The molecule has 4 heteroatoms. The van der Waals surface area contributed by atoms with Crippen molar-refractivity contribution in [1.82, 2.24) is 5.32 Å². The zero-order chi connectivity index (χ0) is 14.1. The van der Waals surface area contributed by atoms with Gasteiger partial charge < -0.3 is 14.5 Å². The van der Waals surface area contributed by atoms with Crippen LogP contribution in [0.5, 0.6) is 0 Å². The molecule has 3 nitrogen and oxygen atoms in total. The third-order valence-electron chi connectivity index (χ3n) is 4.22. The van der Waals surface area contributed by atoms with Crippen molar-refractivity contribution in [2.24, 2.45) is 5.92 Å². The van der Waals surface area contributed by atoms with E-state index < -0.39 is 0 Å². The van der Waals surface area contributed by atoms with Gasteiger partial charge in [0.25, 0.3) is 0 Å². The molecule has 0 saturated carbocycles. The molecular formula is C16H20ClNO2. The molecular weight excluding hydrogens is 274 g/mol. The van der Waals surface area contributed by atoms with E-state index in [4.69, 9.17) is 20.8 Å². The number of ether oxygens (including phenoxy) is 1. The third kappa shape index (κ3) is 2.34. The number of benzene rings is 1. The maximum Gasteiger partial charge on any atom is 0.152 e. The Balaban J connectivity index is 1.97. The first-order chi connectivity index (χ1) is 9.74. The first-order valence-corrected chi connectivity index (χ1v) is 7.59. The Kier molecular flexibility index (Phi) is 4.01. The van der Waals surface area contributed by atoms with Gasteiger partial charge in [0.15, 0.2) is 5.58 Å². The molecule has 0 bridgehead atoms. The highest BCUT2D eigenvalue weighted by Gasteiger charge is 2.35. The van der Waals surface area contributed by atoms with Crippen molar-refractivity contribution >= 4 is 22.6 Å². The van der Waals surface area contributed by atoms with Crippen molar-refractivity contribution in [3.8, 4) is 0 Å². The molecule has 0 spiro atoms. The van der Waals surface area contributed by atoms with Gasteiger partial charge in [-0.2, -0.15) is 0 Å². The standard InChI is InChI=1S/C16H20ClNO2/c1-3-13-11(7-8-19-13)15(18-2)14-9-10-5-4-6-12(17)16(10)20-14/h4-6,9,11,13,15,18H,3,7-8H2,1-2H3. The fraction of sp³-hybridized carbons (Fsp3) is 0.500. The van der Waals surface area contributed by atoms with E-state index in [1.807, 2.05) is 25.2 Å². The smallest absolute Gasteiger partial charge is 0.152 e. The molecule has 2 heterocycles. The predicted molar refractivity (Wildman–Crippen MR) is 81.2 cm³/mol. The first-order valence-electron chi connectivity index (χ1n) is 7.21. The van der Waals surface area contributed by atoms with Crippen molar-refractivity contribution in [3.05, 3.63) is 35.0 Å². The van der Waals surface area contributed by atoms with Crippen LogP contribution in [-0.4, -0.2) is 19.8 Å². The fourth-order valence-corrected chi connectivity index (χ4v) is 3.46. The van der Waals surface area contributed by atoms with E-state index in [9.17, 15) is 0 Å². The second-order valence-electron chi connectivity index (χ2n) is 5.34. The lowest BCUT2D eigenvalue weighted by Gasteiger charge is -2.25. The number of hydrogen-bond donors (Lipinski definition) is 1. The molecule has 1 aromatic heterocycles. The van der Waals surface area contributed by atoms with Crippen molar-refractivity contribution in [2.45, 2.75) is 31.9 Å². The Morgan fingerprint density at radius 2 is 2.30 bits per heavy atom. The Morgan fingerprint density at radius 3 is 3.00 bits per heavy atom. The van der Waals surface area contributed by atoms with E-state index in [1.165, 1.54) is 0 Å². The molecule has 1 fully saturated rings. The van der Waals surface area contributed by atoms with Crippen molar-refractivity contribution in [3.63, 3.8) is 0 Å². The monoisotopic (exact) mass is 293 g/mol. The van der Waals surface area contributed by atoms with Gasteiger partial charge in [-0.05, 0) is 32.0 Å². The average molecular weight is 294 g/mol. The summed E-state index contributed by atoms with van der Waals surface area (Å²) in [6, 6.07) is 8.10. The van der Waals surface area contributed by atoms with Crippen LogP contribution < -0.4 is 5.32 Å². The molecule has 2 aromatic rings. The second-order valence-corrected chi connectivity index (χ2v) is 5.75. The zero-order valence-electron chi connectivity index (χ0n) is 11.9. The minimum absolute atomic E-state index is 0.172. The molecule has 1 N–H and O–H groups in total. The molecule has 0 aliphatic carbocycles. The lowest BCUT2D eigenvalue weighted by Crippen LogP contribution is -2.30. The van der Waals surface area contributed by atoms with Gasteiger partial charge in [-0.25, -0.2) is 0 Å². The summed E-state index contributed by atoms with van der Waals surface area (Å²) in [4.78, 5) is 0. The summed E-state index contributed by atoms with van der Waals surface area (Å²) in [5.41, 5.74) is 0.774. The van der Waals surface area contributed by atoms with Crippen LogP contribution in [0.25, 0.3) is 11.0 Å². The molecule has 3 unspecified atom stereocenters. The number of fused-ring (bicyclic) bond motifs is 1. The highest BCUT2D eigenvalue weighted by Crippen LogP contribution is 2.37. The van der Waals surface area contributed by atoms with Gasteiger partial charge in [-0.1, -0.05) is 30.7 Å². The number of rotatable bonds is 4. The Morgan fingerprint density at radius 1 is 1.45 bits per heavy atom. The highest BCUT2D eigenvalue weighted by atomic mass is 35.5. The number of para-hydroxylation sites is 1. The Bertz CT molecular complexity index is 595. The first kappa shape index (κ1) is 13.9. The minimum Gasteiger partial charge on any atom is -0.458 e. The number of furan rings is 1. The van der Waals surface area contributed by atoms with Crippen LogP contribution in [0, 0.1) is 5.92 Å². The Hall–Kier alpha value is -1.03. The molecule has 20 heavy (non-hydrogen) atoms. The van der Waals surface area contributed by atoms with Crippen molar-refractivity contribution in [1.29, 1.82) is 0 Å². The summed E-state index contributed by atoms with van der Waals surface area (Å²) < 4.78 is 11.8. The van der Waals surface area contributed by atoms with Crippen molar-refractivity contribution in [2.75, 3.05) is 13.7 Å². The highest BCUT2D eigenvalue weighted by molar-refractivity contribution is 6.34. The van der Waals surface area contributed by atoms with Crippen molar-refractivity contribution < 1.29 is 9.15 Å². The maximum atomic E-state index is 6.20. The summed E-state index contributed by atoms with van der Waals surface area (Å²) in [7, 11) is 1.98. The van der Waals surface area contributed by atoms with E-state index >= 15 is 0 Å². The SMILES string of the molecule is CCC1OCCC1C(NC)c1cc2cccc(Cl)c2o1. The van der Waals surface area contributed by atoms with E-state index in [1.54, 1.807) is 0 Å². The molecule has 108 valence electrons. The van der Waals surface area contributed by atoms with Crippen LogP contribution in [0.1, 0.15) is 31.6 Å². The number of hydrogen-bond acceptors (Lipinski definition) is 3. The van der Waals surface area contributed by atoms with E-state index in [0.717, 1.165) is 36.2 Å². The topological polar surface area (TPSA) is 34.4 Å². The molecule has 1 aromatic carbocycles. The van der Waals surface area contributed by atoms with Crippen LogP contribution in [0.15, 0.2) is 28.7 Å². The summed E-state index contributed by atoms with van der Waals surface area (Å²) in [5, 5.41) is 5.11. The molecule has 0 radical (unpaired) electrons. The molecule has 3 rings (SSSR count). The number of halogens is 1. The maximum absolute atomic E-state index is 6.20. The van der Waals surface area contributed by atoms with Crippen LogP contribution in [-0.2, 0) is 4.74 Å². The van der Waals surface area contributed by atoms with Crippen LogP contribution in [0.2, 0.25) is 5.02 Å². The van der Waals surface area contributed by atoms with E-state index in [-0.39, 0.29) is 6.04 Å². The van der Waals surface area contributed by atoms with Gasteiger partial charge >= 0.3 is 0 Å². The molecule has 1 aliphatic heterocycles. The minimum atomic E-state index is 0.172. The lowest BCUT2D eigenvalue weighted by molar-refractivity contribution is 0.0759. The summed E-state index contributed by atoms with van der Waals surface area (Å²) in [6.07, 6.45) is 2.40. The van der Waals surface area contributed by atoms with E-state index in [0.29, 0.717) is 17.0 Å². The number of nitrogens with one attached hydrogen (secondary N) is 1. The summed E-state index contributed by atoms with van der Waals surface area (Å²) in [5.74, 6) is 1.40. The normalized spacial score (nSPS) is 24.4. The molecule has 0 amide bonds. The average Bonchev–Trinajstić information content (AvgIpc) is 3.07. The molecule has 1 saturated heterocycles. The second kappa shape index (κ2) is 5.76. The quantitative estimate of drug-likeness (QED) is 0.919. The van der Waals surface area contributed by atoms with Gasteiger partial charge in [0, 0.05) is 17.9 Å². The van der Waals surface area contributed by atoms with E-state index in [2.05, 4.69) is 18.3 Å². The fourth-order valence-electron chi connectivity index (χ4n) is 3.23. The lowest BCUT2D eigenvalue weighted by atomic mass is 9.90. The van der Waals surface area contributed by atoms with Gasteiger partial charge in [0.2, 0.25) is 0 Å². The van der Waals surface area contributed by atoms with Gasteiger partial charge in [0.1, 0.15) is 5.76 Å². The van der Waals surface area contributed by atoms with Gasteiger partial charge in [0.05, 0.1) is 17.2 Å². The molecule has 1 aliphatic rings.